The molecule has 10 heteroatoms. The van der Waals surface area contributed by atoms with Crippen LogP contribution < -0.4 is 21.3 Å². The molecule has 3 aliphatic rings. The number of urea groups is 1. The van der Waals surface area contributed by atoms with E-state index in [0.29, 0.717) is 32.2 Å². The molecular formula is C25H41N5O5. The summed E-state index contributed by atoms with van der Waals surface area (Å²) >= 11 is 0. The van der Waals surface area contributed by atoms with E-state index in [1.54, 1.807) is 4.90 Å². The van der Waals surface area contributed by atoms with Gasteiger partial charge in [0.15, 0.2) is 0 Å². The first kappa shape index (κ1) is 26.9. The molecule has 0 bridgehead atoms. The van der Waals surface area contributed by atoms with Gasteiger partial charge in [-0.3, -0.25) is 14.4 Å². The van der Waals surface area contributed by atoms with Crippen LogP contribution in [0, 0.1) is 16.7 Å². The molecule has 3 fully saturated rings. The van der Waals surface area contributed by atoms with E-state index in [4.69, 9.17) is 0 Å². The number of likely N-dealkylation sites (tertiary alicyclic amines) is 1. The Hall–Kier alpha value is -2.65. The first-order chi connectivity index (χ1) is 16.1. The molecule has 0 aromatic rings. The number of carbonyl (C=O) groups excluding carboxylic acids is 5. The number of amides is 5. The summed E-state index contributed by atoms with van der Waals surface area (Å²) in [5.41, 5.74) is -1.13. The maximum absolute atomic E-state index is 13.8. The van der Waals surface area contributed by atoms with Gasteiger partial charge in [-0.15, -0.1) is 0 Å². The van der Waals surface area contributed by atoms with Gasteiger partial charge in [0.05, 0.1) is 6.04 Å². The number of aldehydes is 1. The van der Waals surface area contributed by atoms with E-state index in [-0.39, 0.29) is 35.5 Å². The smallest absolute Gasteiger partial charge is 0.315 e. The molecule has 2 aliphatic heterocycles. The summed E-state index contributed by atoms with van der Waals surface area (Å²) < 4.78 is 0. The van der Waals surface area contributed by atoms with E-state index in [0.717, 1.165) is 12.8 Å². The highest BCUT2D eigenvalue weighted by atomic mass is 16.2. The van der Waals surface area contributed by atoms with E-state index in [1.165, 1.54) is 0 Å². The Morgan fingerprint density at radius 1 is 1.14 bits per heavy atom. The highest BCUT2D eigenvalue weighted by Gasteiger charge is 2.56. The van der Waals surface area contributed by atoms with Crippen LogP contribution in [-0.4, -0.2) is 71.7 Å². The lowest BCUT2D eigenvalue weighted by Gasteiger charge is -2.36. The van der Waals surface area contributed by atoms with Gasteiger partial charge in [0, 0.05) is 24.5 Å². The maximum atomic E-state index is 13.8. The average molecular weight is 492 g/mol. The summed E-state index contributed by atoms with van der Waals surface area (Å²) in [6.45, 7) is 12.2. The maximum Gasteiger partial charge on any atom is 0.315 e. The molecule has 2 saturated heterocycles. The van der Waals surface area contributed by atoms with Crippen molar-refractivity contribution in [2.75, 3.05) is 13.1 Å². The zero-order chi connectivity index (χ0) is 26.2. The summed E-state index contributed by atoms with van der Waals surface area (Å²) in [7, 11) is 0. The minimum Gasteiger partial charge on any atom is -0.356 e. The lowest BCUT2D eigenvalue weighted by atomic mass is 9.85. The van der Waals surface area contributed by atoms with Crippen LogP contribution >= 0.6 is 0 Å². The number of carbonyl (C=O) groups is 5. The summed E-state index contributed by atoms with van der Waals surface area (Å²) in [5.74, 6) is -1.10. The second kappa shape index (κ2) is 9.78. The summed E-state index contributed by atoms with van der Waals surface area (Å²) in [6.07, 6.45) is 3.95. The van der Waals surface area contributed by atoms with Crippen LogP contribution in [0.25, 0.3) is 0 Å². The van der Waals surface area contributed by atoms with Gasteiger partial charge < -0.3 is 31.0 Å². The van der Waals surface area contributed by atoms with Gasteiger partial charge in [0.2, 0.25) is 17.7 Å². The predicted molar refractivity (Wildman–Crippen MR) is 130 cm³/mol. The molecule has 2 heterocycles. The average Bonchev–Trinajstić information content (AvgIpc) is 3.18. The molecule has 196 valence electrons. The van der Waals surface area contributed by atoms with Gasteiger partial charge >= 0.3 is 6.03 Å². The van der Waals surface area contributed by atoms with Crippen molar-refractivity contribution in [3.05, 3.63) is 0 Å². The third-order valence-corrected chi connectivity index (χ3v) is 7.12. The van der Waals surface area contributed by atoms with Crippen LogP contribution in [0.4, 0.5) is 4.79 Å². The van der Waals surface area contributed by atoms with Crippen LogP contribution in [0.15, 0.2) is 0 Å². The van der Waals surface area contributed by atoms with E-state index in [1.807, 2.05) is 41.5 Å². The fourth-order valence-electron chi connectivity index (χ4n) is 4.99. The first-order valence-corrected chi connectivity index (χ1v) is 12.6. The SMILES string of the molecule is CC(C)(C)NC(=O)N[C@H](C(=O)N1CC2(CC2)C[C@H]1C(=O)N[C@H](C=O)C[C@@H]1CCNC1=O)C(C)(C)C. The molecule has 0 aromatic heterocycles. The molecule has 0 aromatic carbocycles. The third-order valence-electron chi connectivity index (χ3n) is 7.12. The Morgan fingerprint density at radius 2 is 1.80 bits per heavy atom. The molecule has 1 spiro atoms. The molecule has 3 rings (SSSR count). The van der Waals surface area contributed by atoms with Crippen LogP contribution in [-0.2, 0) is 19.2 Å². The number of nitrogens with one attached hydrogen (secondary N) is 4. The van der Waals surface area contributed by atoms with Crippen molar-refractivity contribution in [1.82, 2.24) is 26.2 Å². The standard InChI is InChI=1S/C25H41N5O5/c1-23(2,3)18(28-22(35)29-24(4,5)6)21(34)30-14-25(8-9-25)12-17(30)20(33)27-16(13-31)11-15-7-10-26-19(15)32/h13,15-18H,7-12,14H2,1-6H3,(H,26,32)(H,27,33)(H2,28,29,35)/t15-,16-,17-,18+/m0/s1. The molecule has 1 saturated carbocycles. The van der Waals surface area contributed by atoms with Gasteiger partial charge in [-0.05, 0) is 63.7 Å². The van der Waals surface area contributed by atoms with Crippen molar-refractivity contribution in [2.45, 2.75) is 97.3 Å². The van der Waals surface area contributed by atoms with Gasteiger partial charge in [0.25, 0.3) is 0 Å². The number of hydrogen-bond acceptors (Lipinski definition) is 5. The summed E-state index contributed by atoms with van der Waals surface area (Å²) in [4.78, 5) is 64.9. The molecule has 5 amide bonds. The van der Waals surface area contributed by atoms with E-state index in [9.17, 15) is 24.0 Å². The Kier molecular flexibility index (Phi) is 7.53. The normalized spacial score (nSPS) is 25.0. The Bertz CT molecular complexity index is 870. The van der Waals surface area contributed by atoms with Crippen molar-refractivity contribution in [3.8, 4) is 0 Å². The quantitative estimate of drug-likeness (QED) is 0.395. The molecule has 4 atom stereocenters. The second-order valence-corrected chi connectivity index (χ2v) is 12.6. The van der Waals surface area contributed by atoms with Gasteiger partial charge in [0.1, 0.15) is 18.4 Å². The predicted octanol–water partition coefficient (Wildman–Crippen LogP) is 1.09. The van der Waals surface area contributed by atoms with Crippen molar-refractivity contribution in [2.24, 2.45) is 16.7 Å². The van der Waals surface area contributed by atoms with Crippen LogP contribution in [0.5, 0.6) is 0 Å². The van der Waals surface area contributed by atoms with Crippen molar-refractivity contribution in [1.29, 1.82) is 0 Å². The zero-order valence-corrected chi connectivity index (χ0v) is 21.8. The molecule has 0 unspecified atom stereocenters. The number of hydrogen-bond donors (Lipinski definition) is 4. The zero-order valence-electron chi connectivity index (χ0n) is 21.8. The van der Waals surface area contributed by atoms with Gasteiger partial charge in [-0.25, -0.2) is 4.79 Å². The van der Waals surface area contributed by atoms with Crippen LogP contribution in [0.3, 0.4) is 0 Å². The summed E-state index contributed by atoms with van der Waals surface area (Å²) in [5, 5.41) is 11.2. The number of rotatable bonds is 7. The van der Waals surface area contributed by atoms with E-state index in [2.05, 4.69) is 21.3 Å². The fraction of sp³-hybridized carbons (Fsp3) is 0.800. The Morgan fingerprint density at radius 3 is 2.29 bits per heavy atom. The fourth-order valence-corrected chi connectivity index (χ4v) is 4.99. The molecule has 10 nitrogen and oxygen atoms in total. The lowest BCUT2D eigenvalue weighted by molar-refractivity contribution is -0.142. The Balaban J connectivity index is 1.74. The first-order valence-electron chi connectivity index (χ1n) is 12.6. The van der Waals surface area contributed by atoms with Gasteiger partial charge in [-0.2, -0.15) is 0 Å². The molecule has 4 N–H and O–H groups in total. The monoisotopic (exact) mass is 491 g/mol. The van der Waals surface area contributed by atoms with Crippen molar-refractivity contribution in [3.63, 3.8) is 0 Å². The van der Waals surface area contributed by atoms with E-state index < -0.39 is 35.1 Å². The molecular weight excluding hydrogens is 450 g/mol. The minimum atomic E-state index is -0.835. The van der Waals surface area contributed by atoms with Crippen LogP contribution in [0.1, 0.15) is 73.6 Å². The van der Waals surface area contributed by atoms with E-state index >= 15 is 0 Å². The third kappa shape index (κ3) is 6.73. The van der Waals surface area contributed by atoms with Gasteiger partial charge in [-0.1, -0.05) is 20.8 Å². The lowest BCUT2D eigenvalue weighted by Crippen LogP contribution is -2.60. The molecule has 1 aliphatic carbocycles. The van der Waals surface area contributed by atoms with Crippen molar-refractivity contribution >= 4 is 30.0 Å². The number of nitrogens with zero attached hydrogens (tertiary/aromatic N) is 1. The molecule has 35 heavy (non-hydrogen) atoms. The topological polar surface area (TPSA) is 137 Å². The summed E-state index contributed by atoms with van der Waals surface area (Å²) in [6, 6.07) is -2.79. The highest BCUT2D eigenvalue weighted by Crippen LogP contribution is 2.55. The Labute approximate surface area is 207 Å². The largest absolute Gasteiger partial charge is 0.356 e. The second-order valence-electron chi connectivity index (χ2n) is 12.6. The highest BCUT2D eigenvalue weighted by molar-refractivity contribution is 5.94. The van der Waals surface area contributed by atoms with Crippen molar-refractivity contribution < 1.29 is 24.0 Å². The van der Waals surface area contributed by atoms with Crippen LogP contribution in [0.2, 0.25) is 0 Å². The minimum absolute atomic E-state index is 0.0736. The molecule has 0 radical (unpaired) electrons.